The summed E-state index contributed by atoms with van der Waals surface area (Å²) in [6, 6.07) is 5.58. The van der Waals surface area contributed by atoms with Crippen molar-refractivity contribution in [2.75, 3.05) is 34.0 Å². The van der Waals surface area contributed by atoms with E-state index in [0.29, 0.717) is 36.4 Å². The van der Waals surface area contributed by atoms with Gasteiger partial charge in [0, 0.05) is 13.7 Å². The Labute approximate surface area is 130 Å². The van der Waals surface area contributed by atoms with Crippen molar-refractivity contribution in [3.63, 3.8) is 0 Å². The van der Waals surface area contributed by atoms with Crippen molar-refractivity contribution in [3.05, 3.63) is 23.8 Å². The first-order valence-corrected chi connectivity index (χ1v) is 6.98. The van der Waals surface area contributed by atoms with Gasteiger partial charge in [-0.3, -0.25) is 5.43 Å². The monoisotopic (exact) mass is 311 g/mol. The number of nitrogens with zero attached hydrogens (tertiary/aromatic N) is 1. The number of hydrogen-bond donors (Lipinski definition) is 2. The van der Waals surface area contributed by atoms with Gasteiger partial charge in [0.05, 0.1) is 26.5 Å². The van der Waals surface area contributed by atoms with E-state index in [2.05, 4.69) is 15.8 Å². The Morgan fingerprint density at radius 1 is 1.33 bits per heavy atom. The van der Waals surface area contributed by atoms with Crippen LogP contribution in [-0.2, 0) is 4.74 Å². The summed E-state index contributed by atoms with van der Waals surface area (Å²) in [5.41, 5.74) is 3.61. The molecule has 0 bridgehead atoms. The highest BCUT2D eigenvalue weighted by atomic mass is 32.1. The summed E-state index contributed by atoms with van der Waals surface area (Å²) < 4.78 is 15.6. The second-order valence-electron chi connectivity index (χ2n) is 3.96. The first-order valence-electron chi connectivity index (χ1n) is 6.58. The third kappa shape index (κ3) is 6.42. The number of ether oxygens (including phenoxy) is 3. The molecule has 0 spiro atoms. The molecule has 0 aliphatic heterocycles. The van der Waals surface area contributed by atoms with E-state index in [9.17, 15) is 0 Å². The summed E-state index contributed by atoms with van der Waals surface area (Å²) in [4.78, 5) is 0. The third-order valence-electron chi connectivity index (χ3n) is 2.46. The molecule has 1 rings (SSSR count). The predicted molar refractivity (Wildman–Crippen MR) is 87.4 cm³/mol. The average Bonchev–Trinajstić information content (AvgIpc) is 2.49. The topological polar surface area (TPSA) is 64.1 Å². The Bertz CT molecular complexity index is 481. The van der Waals surface area contributed by atoms with E-state index in [0.717, 1.165) is 5.56 Å². The predicted octanol–water partition coefficient (Wildman–Crippen LogP) is 1.54. The standard InChI is InChI=1S/C14H21N3O3S/c1-4-20-12-6-5-11(9-13(12)19-3)10-16-17-14(21)15-7-8-18-2/h5-6,9-10H,4,7-8H2,1-3H3,(H2,15,17,21). The zero-order chi connectivity index (χ0) is 15.5. The van der Waals surface area contributed by atoms with Gasteiger partial charge in [0.2, 0.25) is 0 Å². The SMILES string of the molecule is CCOc1ccc(C=NNC(=S)NCCOC)cc1OC. The van der Waals surface area contributed by atoms with Crippen molar-refractivity contribution in [1.29, 1.82) is 0 Å². The molecule has 0 atom stereocenters. The summed E-state index contributed by atoms with van der Waals surface area (Å²) in [6.45, 7) is 3.74. The molecule has 0 unspecified atom stereocenters. The van der Waals surface area contributed by atoms with E-state index in [4.69, 9.17) is 26.4 Å². The molecule has 0 aromatic heterocycles. The van der Waals surface area contributed by atoms with Gasteiger partial charge in [-0.05, 0) is 42.9 Å². The lowest BCUT2D eigenvalue weighted by molar-refractivity contribution is 0.204. The first kappa shape index (κ1) is 17.2. The van der Waals surface area contributed by atoms with Crippen LogP contribution in [0.1, 0.15) is 12.5 Å². The number of benzene rings is 1. The molecule has 21 heavy (non-hydrogen) atoms. The van der Waals surface area contributed by atoms with E-state index in [1.807, 2.05) is 25.1 Å². The Morgan fingerprint density at radius 3 is 2.81 bits per heavy atom. The van der Waals surface area contributed by atoms with Crippen LogP contribution in [0.25, 0.3) is 0 Å². The highest BCUT2D eigenvalue weighted by molar-refractivity contribution is 7.80. The molecule has 1 aromatic carbocycles. The second kappa shape index (κ2) is 9.95. The summed E-state index contributed by atoms with van der Waals surface area (Å²) >= 11 is 5.05. The summed E-state index contributed by atoms with van der Waals surface area (Å²) in [5.74, 6) is 1.38. The van der Waals surface area contributed by atoms with E-state index in [1.165, 1.54) is 0 Å². The minimum absolute atomic E-state index is 0.446. The van der Waals surface area contributed by atoms with Gasteiger partial charge >= 0.3 is 0 Å². The van der Waals surface area contributed by atoms with Crippen LogP contribution in [0.5, 0.6) is 11.5 Å². The van der Waals surface area contributed by atoms with Gasteiger partial charge in [0.1, 0.15) is 0 Å². The highest BCUT2D eigenvalue weighted by Crippen LogP contribution is 2.27. The van der Waals surface area contributed by atoms with Crippen molar-refractivity contribution in [2.24, 2.45) is 5.10 Å². The summed E-state index contributed by atoms with van der Waals surface area (Å²) in [7, 11) is 3.24. The number of nitrogens with one attached hydrogen (secondary N) is 2. The maximum absolute atomic E-state index is 5.45. The number of hydrogen-bond acceptors (Lipinski definition) is 5. The van der Waals surface area contributed by atoms with Crippen LogP contribution in [0, 0.1) is 0 Å². The van der Waals surface area contributed by atoms with Crippen molar-refractivity contribution >= 4 is 23.5 Å². The Morgan fingerprint density at radius 2 is 2.14 bits per heavy atom. The van der Waals surface area contributed by atoms with Crippen LogP contribution in [0.2, 0.25) is 0 Å². The minimum atomic E-state index is 0.446. The summed E-state index contributed by atoms with van der Waals surface area (Å²) in [6.07, 6.45) is 1.66. The minimum Gasteiger partial charge on any atom is -0.493 e. The van der Waals surface area contributed by atoms with Gasteiger partial charge in [0.15, 0.2) is 16.6 Å². The quantitative estimate of drug-likeness (QED) is 0.329. The molecule has 116 valence electrons. The maximum Gasteiger partial charge on any atom is 0.187 e. The molecule has 0 amide bonds. The molecule has 2 N–H and O–H groups in total. The molecule has 0 aliphatic carbocycles. The zero-order valence-electron chi connectivity index (χ0n) is 12.5. The smallest absolute Gasteiger partial charge is 0.187 e. The largest absolute Gasteiger partial charge is 0.493 e. The Kier molecular flexibility index (Phi) is 8.15. The Hall–Kier alpha value is -1.86. The molecule has 0 saturated carbocycles. The fraction of sp³-hybridized carbons (Fsp3) is 0.429. The van der Waals surface area contributed by atoms with E-state index < -0.39 is 0 Å². The van der Waals surface area contributed by atoms with E-state index >= 15 is 0 Å². The third-order valence-corrected chi connectivity index (χ3v) is 2.69. The lowest BCUT2D eigenvalue weighted by atomic mass is 10.2. The molecule has 0 aliphatic rings. The van der Waals surface area contributed by atoms with Gasteiger partial charge < -0.3 is 19.5 Å². The fourth-order valence-electron chi connectivity index (χ4n) is 1.51. The fourth-order valence-corrected chi connectivity index (χ4v) is 1.67. The van der Waals surface area contributed by atoms with Gasteiger partial charge in [-0.1, -0.05) is 0 Å². The normalized spacial score (nSPS) is 10.4. The molecule has 0 saturated heterocycles. The van der Waals surface area contributed by atoms with Crippen LogP contribution in [-0.4, -0.2) is 45.3 Å². The lowest BCUT2D eigenvalue weighted by Gasteiger charge is -2.09. The molecular weight excluding hydrogens is 290 g/mol. The average molecular weight is 311 g/mol. The van der Waals surface area contributed by atoms with Crippen LogP contribution in [0.15, 0.2) is 23.3 Å². The maximum atomic E-state index is 5.45. The number of rotatable bonds is 8. The van der Waals surface area contributed by atoms with E-state index in [1.54, 1.807) is 20.4 Å². The second-order valence-corrected chi connectivity index (χ2v) is 4.37. The van der Waals surface area contributed by atoms with Gasteiger partial charge in [-0.25, -0.2) is 0 Å². The van der Waals surface area contributed by atoms with Crippen molar-refractivity contribution in [2.45, 2.75) is 6.92 Å². The lowest BCUT2D eigenvalue weighted by Crippen LogP contribution is -2.34. The van der Waals surface area contributed by atoms with Crippen LogP contribution in [0.3, 0.4) is 0 Å². The number of hydrazone groups is 1. The van der Waals surface area contributed by atoms with Gasteiger partial charge in [0.25, 0.3) is 0 Å². The van der Waals surface area contributed by atoms with Crippen molar-refractivity contribution in [3.8, 4) is 11.5 Å². The zero-order valence-corrected chi connectivity index (χ0v) is 13.3. The Balaban J connectivity index is 2.54. The molecule has 1 aromatic rings. The summed E-state index contributed by atoms with van der Waals surface area (Å²) in [5, 5.41) is 7.46. The van der Waals surface area contributed by atoms with Crippen molar-refractivity contribution < 1.29 is 14.2 Å². The van der Waals surface area contributed by atoms with Gasteiger partial charge in [-0.15, -0.1) is 0 Å². The first-order chi connectivity index (χ1) is 10.2. The van der Waals surface area contributed by atoms with E-state index in [-0.39, 0.29) is 0 Å². The molecule has 7 heteroatoms. The molecule has 6 nitrogen and oxygen atoms in total. The van der Waals surface area contributed by atoms with Crippen LogP contribution >= 0.6 is 12.2 Å². The van der Waals surface area contributed by atoms with Crippen molar-refractivity contribution in [1.82, 2.24) is 10.7 Å². The highest BCUT2D eigenvalue weighted by Gasteiger charge is 2.03. The van der Waals surface area contributed by atoms with Gasteiger partial charge in [-0.2, -0.15) is 5.10 Å². The molecular formula is C14H21N3O3S. The number of thiocarbonyl (C=S) groups is 1. The molecule has 0 radical (unpaired) electrons. The molecule has 0 fully saturated rings. The molecule has 0 heterocycles. The van der Waals surface area contributed by atoms with Crippen LogP contribution in [0.4, 0.5) is 0 Å². The van der Waals surface area contributed by atoms with Crippen LogP contribution < -0.4 is 20.2 Å². The number of methoxy groups -OCH3 is 2.